The Balaban J connectivity index is 1.64. The highest BCUT2D eigenvalue weighted by atomic mass is 32.1. The summed E-state index contributed by atoms with van der Waals surface area (Å²) in [5, 5.41) is 6.55. The fraction of sp³-hybridized carbons (Fsp3) is 0.0870. The lowest BCUT2D eigenvalue weighted by molar-refractivity contribution is 0.628. The monoisotopic (exact) mass is 415 g/mol. The van der Waals surface area contributed by atoms with E-state index in [0.717, 1.165) is 38.5 Å². The molecule has 3 aromatic heterocycles. The summed E-state index contributed by atoms with van der Waals surface area (Å²) in [4.78, 5) is 14.4. The molecule has 0 aliphatic carbocycles. The van der Waals surface area contributed by atoms with Gasteiger partial charge >= 0.3 is 0 Å². The predicted octanol–water partition coefficient (Wildman–Crippen LogP) is 5.43. The van der Waals surface area contributed by atoms with Gasteiger partial charge in [-0.05, 0) is 23.3 Å². The number of rotatable bonds is 5. The third-order valence-corrected chi connectivity index (χ3v) is 5.94. The molecule has 1 atom stereocenters. The van der Waals surface area contributed by atoms with Gasteiger partial charge in [0, 0.05) is 30.4 Å². The minimum atomic E-state index is -0.258. The zero-order valence-electron chi connectivity index (χ0n) is 16.2. The van der Waals surface area contributed by atoms with Gasteiger partial charge in [-0.15, -0.1) is 11.3 Å². The van der Waals surface area contributed by atoms with Crippen LogP contribution >= 0.6 is 11.3 Å². The Kier molecular flexibility index (Phi) is 4.72. The molecular weight excluding hydrogens is 397 g/mol. The topological polar surface area (TPSA) is 55.6 Å². The number of hydrogen-bond acceptors (Lipinski definition) is 5. The van der Waals surface area contributed by atoms with Crippen molar-refractivity contribution in [2.45, 2.75) is 6.04 Å². The molecule has 5 aromatic rings. The third-order valence-electron chi connectivity index (χ3n) is 5.06. The van der Waals surface area contributed by atoms with E-state index in [4.69, 9.17) is 0 Å². The average Bonchev–Trinajstić information content (AvgIpc) is 3.40. The molecule has 2 aromatic carbocycles. The Morgan fingerprint density at radius 1 is 1.00 bits per heavy atom. The first-order valence-corrected chi connectivity index (χ1v) is 10.4. The van der Waals surface area contributed by atoms with Crippen molar-refractivity contribution in [3.63, 3.8) is 0 Å². The van der Waals surface area contributed by atoms with Gasteiger partial charge in [-0.2, -0.15) is 0 Å². The van der Waals surface area contributed by atoms with Gasteiger partial charge in [-0.25, -0.2) is 19.3 Å². The predicted molar refractivity (Wildman–Crippen MR) is 118 cm³/mol. The first-order valence-electron chi connectivity index (χ1n) is 9.47. The largest absolute Gasteiger partial charge is 0.356 e. The quantitative estimate of drug-likeness (QED) is 0.416. The number of fused-ring (bicyclic) bond motifs is 1. The molecule has 0 aliphatic rings. The molecule has 148 valence electrons. The standard InChI is InChI=1S/C23H18FN5S/c1-29-12-11-25-22(29)20(16-5-3-2-4-6-16)28-21-19-18(13-30-23(19)27-14-26-21)15-7-9-17(24)10-8-15/h2-14,20H,1H3,(H,26,27,28). The molecule has 3 heterocycles. The van der Waals surface area contributed by atoms with E-state index in [1.54, 1.807) is 36.0 Å². The first kappa shape index (κ1) is 18.4. The van der Waals surface area contributed by atoms with Crippen LogP contribution in [0.4, 0.5) is 10.2 Å². The Labute approximate surface area is 176 Å². The van der Waals surface area contributed by atoms with Crippen LogP contribution in [0.15, 0.2) is 78.7 Å². The normalized spacial score (nSPS) is 12.2. The SMILES string of the molecule is Cn1ccnc1C(Nc1ncnc2scc(-c3ccc(F)cc3)c12)c1ccccc1. The van der Waals surface area contributed by atoms with E-state index in [2.05, 4.69) is 32.4 Å². The van der Waals surface area contributed by atoms with Gasteiger partial charge in [0.05, 0.1) is 5.39 Å². The lowest BCUT2D eigenvalue weighted by Gasteiger charge is -2.20. The van der Waals surface area contributed by atoms with Crippen LogP contribution in [-0.2, 0) is 7.05 Å². The van der Waals surface area contributed by atoms with E-state index >= 15 is 0 Å². The second-order valence-corrected chi connectivity index (χ2v) is 7.80. The van der Waals surface area contributed by atoms with Crippen LogP contribution < -0.4 is 5.32 Å². The molecule has 5 rings (SSSR count). The molecule has 0 saturated carbocycles. The van der Waals surface area contributed by atoms with Crippen molar-refractivity contribution >= 4 is 27.4 Å². The number of nitrogens with zero attached hydrogens (tertiary/aromatic N) is 4. The number of hydrogen-bond donors (Lipinski definition) is 1. The van der Waals surface area contributed by atoms with Crippen molar-refractivity contribution in [3.8, 4) is 11.1 Å². The first-order chi connectivity index (χ1) is 14.7. The van der Waals surface area contributed by atoms with Crippen molar-refractivity contribution in [2.24, 2.45) is 7.05 Å². The van der Waals surface area contributed by atoms with Crippen LogP contribution in [-0.4, -0.2) is 19.5 Å². The molecule has 1 unspecified atom stereocenters. The number of aromatic nitrogens is 4. The number of imidazole rings is 1. The Morgan fingerprint density at radius 3 is 2.53 bits per heavy atom. The van der Waals surface area contributed by atoms with Gasteiger partial charge in [0.15, 0.2) is 0 Å². The summed E-state index contributed by atoms with van der Waals surface area (Å²) in [7, 11) is 1.98. The van der Waals surface area contributed by atoms with Crippen molar-refractivity contribution in [1.29, 1.82) is 0 Å². The molecule has 0 saturated heterocycles. The molecule has 0 bridgehead atoms. The maximum absolute atomic E-state index is 13.4. The summed E-state index contributed by atoms with van der Waals surface area (Å²) < 4.78 is 15.4. The van der Waals surface area contributed by atoms with Crippen LogP contribution in [0.2, 0.25) is 0 Å². The number of aryl methyl sites for hydroxylation is 1. The van der Waals surface area contributed by atoms with Crippen molar-refractivity contribution in [2.75, 3.05) is 5.32 Å². The summed E-state index contributed by atoms with van der Waals surface area (Å²) in [5.41, 5.74) is 2.98. The van der Waals surface area contributed by atoms with Crippen LogP contribution in [0.25, 0.3) is 21.3 Å². The molecule has 0 spiro atoms. The zero-order chi connectivity index (χ0) is 20.5. The Morgan fingerprint density at radius 2 is 1.80 bits per heavy atom. The van der Waals surface area contributed by atoms with Gasteiger partial charge < -0.3 is 9.88 Å². The highest BCUT2D eigenvalue weighted by Gasteiger charge is 2.21. The van der Waals surface area contributed by atoms with Crippen LogP contribution in [0.1, 0.15) is 17.4 Å². The minimum Gasteiger partial charge on any atom is -0.356 e. The van der Waals surface area contributed by atoms with E-state index in [1.807, 2.05) is 41.4 Å². The molecule has 0 radical (unpaired) electrons. The smallest absolute Gasteiger partial charge is 0.139 e. The van der Waals surface area contributed by atoms with Gasteiger partial charge in [-0.1, -0.05) is 42.5 Å². The molecule has 5 nitrogen and oxygen atoms in total. The van der Waals surface area contributed by atoms with E-state index in [9.17, 15) is 4.39 Å². The highest BCUT2D eigenvalue weighted by Crippen LogP contribution is 2.38. The van der Waals surface area contributed by atoms with Gasteiger partial charge in [0.25, 0.3) is 0 Å². The van der Waals surface area contributed by atoms with E-state index in [1.165, 1.54) is 12.1 Å². The number of thiophene rings is 1. The lowest BCUT2D eigenvalue weighted by atomic mass is 10.0. The van der Waals surface area contributed by atoms with Crippen molar-refractivity contribution in [1.82, 2.24) is 19.5 Å². The summed E-state index contributed by atoms with van der Waals surface area (Å²) in [6.07, 6.45) is 5.28. The zero-order valence-corrected chi connectivity index (χ0v) is 17.0. The molecule has 0 fully saturated rings. The van der Waals surface area contributed by atoms with E-state index in [-0.39, 0.29) is 11.9 Å². The summed E-state index contributed by atoms with van der Waals surface area (Å²) in [5.74, 6) is 1.34. The van der Waals surface area contributed by atoms with Gasteiger partial charge in [-0.3, -0.25) is 0 Å². The summed E-state index contributed by atoms with van der Waals surface area (Å²) in [6, 6.07) is 16.5. The fourth-order valence-corrected chi connectivity index (χ4v) is 4.48. The van der Waals surface area contributed by atoms with Crippen LogP contribution in [0.3, 0.4) is 0 Å². The van der Waals surface area contributed by atoms with E-state index < -0.39 is 0 Å². The molecule has 0 aliphatic heterocycles. The molecule has 0 amide bonds. The maximum Gasteiger partial charge on any atom is 0.139 e. The average molecular weight is 415 g/mol. The van der Waals surface area contributed by atoms with Gasteiger partial charge in [0.1, 0.15) is 34.7 Å². The molecule has 7 heteroatoms. The second-order valence-electron chi connectivity index (χ2n) is 6.94. The maximum atomic E-state index is 13.4. The number of benzene rings is 2. The second kappa shape index (κ2) is 7.68. The van der Waals surface area contributed by atoms with Gasteiger partial charge in [0.2, 0.25) is 0 Å². The number of nitrogens with one attached hydrogen (secondary N) is 1. The summed E-state index contributed by atoms with van der Waals surface area (Å²) >= 11 is 1.54. The van der Waals surface area contributed by atoms with Crippen molar-refractivity contribution < 1.29 is 4.39 Å². The third kappa shape index (κ3) is 3.33. The minimum absolute atomic E-state index is 0.190. The number of halogens is 1. The molecular formula is C23H18FN5S. The van der Waals surface area contributed by atoms with Crippen molar-refractivity contribution in [3.05, 3.63) is 95.9 Å². The molecule has 1 N–H and O–H groups in total. The summed E-state index contributed by atoms with van der Waals surface area (Å²) in [6.45, 7) is 0. The lowest BCUT2D eigenvalue weighted by Crippen LogP contribution is -2.17. The Hall–Kier alpha value is -3.58. The van der Waals surface area contributed by atoms with Crippen LogP contribution in [0.5, 0.6) is 0 Å². The number of anilines is 1. The van der Waals surface area contributed by atoms with E-state index in [0.29, 0.717) is 0 Å². The fourth-order valence-electron chi connectivity index (χ4n) is 3.56. The molecule has 30 heavy (non-hydrogen) atoms. The van der Waals surface area contributed by atoms with Crippen LogP contribution in [0, 0.1) is 5.82 Å². The Bertz CT molecular complexity index is 1290. The highest BCUT2D eigenvalue weighted by molar-refractivity contribution is 7.17.